The molecule has 2 aromatic carbocycles. The largest absolute Gasteiger partial charge is 0.456 e. The highest BCUT2D eigenvalue weighted by molar-refractivity contribution is 6.76. The summed E-state index contributed by atoms with van der Waals surface area (Å²) in [5.41, 5.74) is 4.54. The Labute approximate surface area is 263 Å². The van der Waals surface area contributed by atoms with Crippen LogP contribution < -0.4 is 4.74 Å². The number of piperidine rings is 1. The van der Waals surface area contributed by atoms with E-state index in [0.29, 0.717) is 52.9 Å². The molecule has 0 radical (unpaired) electrons. The predicted molar refractivity (Wildman–Crippen MR) is 175 cm³/mol. The lowest BCUT2D eigenvalue weighted by atomic mass is 9.97. The Bertz CT molecular complexity index is 1830. The number of imidazole rings is 1. The van der Waals surface area contributed by atoms with Gasteiger partial charge in [0.15, 0.2) is 0 Å². The summed E-state index contributed by atoms with van der Waals surface area (Å²) in [4.78, 5) is 28.0. The lowest BCUT2D eigenvalue weighted by Crippen LogP contribution is -2.36. The Morgan fingerprint density at radius 3 is 2.70 bits per heavy atom. The van der Waals surface area contributed by atoms with Crippen LogP contribution in [-0.2, 0) is 22.8 Å². The zero-order valence-corrected chi connectivity index (χ0v) is 27.6. The van der Waals surface area contributed by atoms with Gasteiger partial charge < -0.3 is 18.9 Å². The van der Waals surface area contributed by atoms with E-state index in [1.54, 1.807) is 17.3 Å². The summed E-state index contributed by atoms with van der Waals surface area (Å²) in [7, 11) is 0.688. The number of nitrogens with zero attached hydrogens (tertiary/aromatic N) is 7. The predicted octanol–water partition coefficient (Wildman–Crippen LogP) is 6.78. The van der Waals surface area contributed by atoms with Crippen LogP contribution in [0.4, 0.5) is 0 Å². The van der Waals surface area contributed by atoms with Crippen molar-refractivity contribution in [3.63, 3.8) is 0 Å². The van der Waals surface area contributed by atoms with Crippen LogP contribution >= 0.6 is 11.6 Å². The molecule has 1 saturated heterocycles. The maximum atomic E-state index is 12.1. The molecule has 0 saturated carbocycles. The van der Waals surface area contributed by atoms with Crippen molar-refractivity contribution in [3.8, 4) is 22.8 Å². The first-order valence-corrected chi connectivity index (χ1v) is 19.1. The quantitative estimate of drug-likeness (QED) is 0.124. The second-order valence-electron chi connectivity index (χ2n) is 12.8. The van der Waals surface area contributed by atoms with Crippen LogP contribution in [0.25, 0.3) is 33.3 Å². The second-order valence-corrected chi connectivity index (χ2v) is 18.8. The molecule has 4 heterocycles. The van der Waals surface area contributed by atoms with Crippen LogP contribution in [0.2, 0.25) is 30.7 Å². The molecule has 1 amide bonds. The van der Waals surface area contributed by atoms with Crippen molar-refractivity contribution in [1.82, 2.24) is 34.2 Å². The highest BCUT2D eigenvalue weighted by Crippen LogP contribution is 2.36. The Balaban J connectivity index is 1.20. The summed E-state index contributed by atoms with van der Waals surface area (Å²) >= 11 is 6.87. The van der Waals surface area contributed by atoms with Gasteiger partial charge in [-0.1, -0.05) is 31.2 Å². The van der Waals surface area contributed by atoms with E-state index in [4.69, 9.17) is 31.0 Å². The molecule has 0 N–H and O–H groups in total. The third-order valence-corrected chi connectivity index (χ3v) is 10.2. The molecule has 0 spiro atoms. The number of rotatable bonds is 10. The van der Waals surface area contributed by atoms with Crippen molar-refractivity contribution in [2.75, 3.05) is 20.2 Å². The molecule has 1 aliphatic rings. The zero-order chi connectivity index (χ0) is 31.0. The number of fused-ring (bicyclic) bond motifs is 2. The lowest BCUT2D eigenvalue weighted by molar-refractivity contribution is -0.133. The van der Waals surface area contributed by atoms with Crippen LogP contribution in [0, 0.1) is 12.8 Å². The molecule has 6 rings (SSSR count). The van der Waals surface area contributed by atoms with Crippen molar-refractivity contribution >= 4 is 47.6 Å². The molecular formula is C32H38ClN7O3Si. The van der Waals surface area contributed by atoms with Crippen molar-refractivity contribution in [2.24, 2.45) is 5.92 Å². The zero-order valence-electron chi connectivity index (χ0n) is 25.9. The van der Waals surface area contributed by atoms with E-state index in [2.05, 4.69) is 34.3 Å². The topological polar surface area (TPSA) is 100 Å². The van der Waals surface area contributed by atoms with Gasteiger partial charge >= 0.3 is 0 Å². The van der Waals surface area contributed by atoms with Crippen LogP contribution in [0.15, 0.2) is 48.9 Å². The van der Waals surface area contributed by atoms with Crippen LogP contribution in [0.1, 0.15) is 18.7 Å². The van der Waals surface area contributed by atoms with Gasteiger partial charge in [-0.25, -0.2) is 9.97 Å². The third-order valence-electron chi connectivity index (χ3n) is 8.11. The standard InChI is InChI=1S/C32H38ClN7O3Si/c1-21-36-25-7-6-24(15-28(25)40(21)20-42-12-13-44(3,4)5)43-29-9-8-26-32(31(29)33)37-27(17-34-26)23-16-35-39(19-23)18-22-10-11-38(2)30(41)14-22/h6-9,15-17,19,22H,10-14,18,20H2,1-5H3. The Hall–Kier alpha value is -3.80. The SMILES string of the molecule is Cc1nc2ccc(Oc3ccc4ncc(-c5cnn(CC6CCN(C)C(=O)C6)c5)nc4c3Cl)cc2n1COCC[Si](C)(C)C. The van der Waals surface area contributed by atoms with Gasteiger partial charge in [0.1, 0.15) is 34.6 Å². The third kappa shape index (κ3) is 6.64. The number of halogens is 1. The van der Waals surface area contributed by atoms with Crippen LogP contribution in [0.3, 0.4) is 0 Å². The van der Waals surface area contributed by atoms with Crippen molar-refractivity contribution in [3.05, 3.63) is 59.8 Å². The summed E-state index contributed by atoms with van der Waals surface area (Å²) in [5.74, 6) is 2.47. The molecule has 10 nitrogen and oxygen atoms in total. The fraction of sp³-hybridized carbons (Fsp3) is 0.406. The minimum absolute atomic E-state index is 0.184. The van der Waals surface area contributed by atoms with Crippen LogP contribution in [0.5, 0.6) is 11.5 Å². The van der Waals surface area contributed by atoms with E-state index in [0.717, 1.165) is 48.0 Å². The van der Waals surface area contributed by atoms with E-state index in [-0.39, 0.29) is 11.8 Å². The number of benzene rings is 2. The number of carbonyl (C=O) groups is 1. The molecule has 230 valence electrons. The van der Waals surface area contributed by atoms with E-state index in [9.17, 15) is 4.79 Å². The van der Waals surface area contributed by atoms with Gasteiger partial charge in [0.05, 0.1) is 34.6 Å². The molecule has 12 heteroatoms. The average molecular weight is 632 g/mol. The van der Waals surface area contributed by atoms with Crippen molar-refractivity contribution < 1.29 is 14.3 Å². The number of ether oxygens (including phenoxy) is 2. The first-order valence-electron chi connectivity index (χ1n) is 15.0. The van der Waals surface area contributed by atoms with Gasteiger partial charge in [0.25, 0.3) is 0 Å². The molecule has 0 aliphatic carbocycles. The van der Waals surface area contributed by atoms with Crippen molar-refractivity contribution in [2.45, 2.75) is 58.7 Å². The minimum atomic E-state index is -1.17. The summed E-state index contributed by atoms with van der Waals surface area (Å²) in [5, 5.41) is 4.91. The number of hydrogen-bond donors (Lipinski definition) is 0. The van der Waals surface area contributed by atoms with Gasteiger partial charge in [-0.3, -0.25) is 14.5 Å². The smallest absolute Gasteiger partial charge is 0.222 e. The van der Waals surface area contributed by atoms with Gasteiger partial charge in [0.2, 0.25) is 5.91 Å². The number of carbonyl (C=O) groups excluding carboxylic acids is 1. The van der Waals surface area contributed by atoms with Gasteiger partial charge in [-0.15, -0.1) is 0 Å². The number of aromatic nitrogens is 6. The molecular weight excluding hydrogens is 594 g/mol. The normalized spacial score (nSPS) is 15.9. The Morgan fingerprint density at radius 2 is 1.91 bits per heavy atom. The van der Waals surface area contributed by atoms with Gasteiger partial charge in [0, 0.05) is 59.1 Å². The maximum Gasteiger partial charge on any atom is 0.222 e. The first kappa shape index (κ1) is 30.2. The number of amides is 1. The Morgan fingerprint density at radius 1 is 1.09 bits per heavy atom. The van der Waals surface area contributed by atoms with Gasteiger partial charge in [-0.2, -0.15) is 5.10 Å². The summed E-state index contributed by atoms with van der Waals surface area (Å²) < 4.78 is 16.3. The first-order chi connectivity index (χ1) is 21.0. The molecule has 5 aromatic rings. The molecule has 1 atom stereocenters. The highest BCUT2D eigenvalue weighted by Gasteiger charge is 2.24. The summed E-state index contributed by atoms with van der Waals surface area (Å²) in [6.45, 7) is 11.7. The van der Waals surface area contributed by atoms with Crippen LogP contribution in [-0.4, -0.2) is 68.4 Å². The average Bonchev–Trinajstić information content (AvgIpc) is 3.57. The van der Waals surface area contributed by atoms with E-state index < -0.39 is 8.07 Å². The van der Waals surface area contributed by atoms with E-state index in [1.807, 2.05) is 55.2 Å². The second kappa shape index (κ2) is 12.3. The molecule has 1 unspecified atom stereocenters. The molecule has 0 bridgehead atoms. The Kier molecular flexibility index (Phi) is 8.45. The fourth-order valence-corrected chi connectivity index (χ4v) is 6.37. The highest BCUT2D eigenvalue weighted by atomic mass is 35.5. The maximum absolute atomic E-state index is 12.1. The van der Waals surface area contributed by atoms with Crippen molar-refractivity contribution in [1.29, 1.82) is 0 Å². The summed E-state index contributed by atoms with van der Waals surface area (Å²) in [6.07, 6.45) is 6.95. The van der Waals surface area contributed by atoms with E-state index >= 15 is 0 Å². The fourth-order valence-electron chi connectivity index (χ4n) is 5.38. The monoisotopic (exact) mass is 631 g/mol. The number of aryl methyl sites for hydroxylation is 1. The number of likely N-dealkylation sites (tertiary alicyclic amines) is 1. The van der Waals surface area contributed by atoms with Gasteiger partial charge in [-0.05, 0) is 49.6 Å². The minimum Gasteiger partial charge on any atom is -0.456 e. The molecule has 3 aromatic heterocycles. The van der Waals surface area contributed by atoms with E-state index in [1.165, 1.54) is 0 Å². The molecule has 1 fully saturated rings. The lowest BCUT2D eigenvalue weighted by Gasteiger charge is -2.28. The summed E-state index contributed by atoms with van der Waals surface area (Å²) in [6, 6.07) is 10.6. The molecule has 1 aliphatic heterocycles. The molecule has 44 heavy (non-hydrogen) atoms. The number of hydrogen-bond acceptors (Lipinski definition) is 7.